The van der Waals surface area contributed by atoms with Crippen molar-refractivity contribution < 1.29 is 14.3 Å². The Balaban J connectivity index is 1.45. The molecule has 158 valence electrons. The minimum atomic E-state index is -0.127. The fraction of sp³-hybridized carbons (Fsp3) is 0.259. The largest absolute Gasteiger partial charge is 0.490 e. The van der Waals surface area contributed by atoms with Crippen LogP contribution in [0.4, 0.5) is 0 Å². The van der Waals surface area contributed by atoms with Crippen molar-refractivity contribution in [3.05, 3.63) is 101 Å². The highest BCUT2D eigenvalue weighted by Gasteiger charge is 2.27. The maximum Gasteiger partial charge on any atom is 0.254 e. The molecule has 1 aliphatic heterocycles. The molecule has 0 N–H and O–H groups in total. The standard InChI is InChI=1S/C27H27NO3/c1-19-12-13-20(2)25(18-19)31-22-14-16-28(17-15-22)27(30)24-11-7-6-10-23(24)26(29)21-8-4-3-5-9-21/h3-13,18,22H,14-17H2,1-2H3. The zero-order valence-electron chi connectivity index (χ0n) is 18.0. The number of amides is 1. The normalized spacial score (nSPS) is 14.3. The van der Waals surface area contributed by atoms with Crippen molar-refractivity contribution in [2.24, 2.45) is 0 Å². The van der Waals surface area contributed by atoms with Crippen molar-refractivity contribution >= 4 is 11.7 Å². The minimum Gasteiger partial charge on any atom is -0.490 e. The highest BCUT2D eigenvalue weighted by atomic mass is 16.5. The maximum absolute atomic E-state index is 13.3. The molecule has 0 bridgehead atoms. The van der Waals surface area contributed by atoms with Crippen LogP contribution in [0.3, 0.4) is 0 Å². The van der Waals surface area contributed by atoms with Gasteiger partial charge in [-0.1, -0.05) is 60.7 Å². The molecule has 0 saturated carbocycles. The summed E-state index contributed by atoms with van der Waals surface area (Å²) < 4.78 is 6.23. The zero-order chi connectivity index (χ0) is 21.8. The number of nitrogens with zero attached hydrogens (tertiary/aromatic N) is 1. The van der Waals surface area contributed by atoms with Gasteiger partial charge in [0.2, 0.25) is 0 Å². The van der Waals surface area contributed by atoms with Gasteiger partial charge in [-0.15, -0.1) is 0 Å². The topological polar surface area (TPSA) is 46.6 Å². The minimum absolute atomic E-state index is 0.0887. The monoisotopic (exact) mass is 413 g/mol. The van der Waals surface area contributed by atoms with Crippen molar-refractivity contribution in [1.82, 2.24) is 4.90 Å². The van der Waals surface area contributed by atoms with Gasteiger partial charge in [0.05, 0.1) is 5.56 Å². The maximum atomic E-state index is 13.3. The first-order chi connectivity index (χ1) is 15.0. The van der Waals surface area contributed by atoms with E-state index in [9.17, 15) is 9.59 Å². The fourth-order valence-electron chi connectivity index (χ4n) is 3.97. The van der Waals surface area contributed by atoms with Gasteiger partial charge in [-0.05, 0) is 37.1 Å². The number of benzene rings is 3. The number of hydrogen-bond acceptors (Lipinski definition) is 3. The first-order valence-corrected chi connectivity index (χ1v) is 10.7. The summed E-state index contributed by atoms with van der Waals surface area (Å²) in [6.07, 6.45) is 1.63. The van der Waals surface area contributed by atoms with Crippen molar-refractivity contribution in [2.75, 3.05) is 13.1 Å². The molecule has 1 aliphatic rings. The van der Waals surface area contributed by atoms with Crippen LogP contribution in [0.25, 0.3) is 0 Å². The van der Waals surface area contributed by atoms with Crippen molar-refractivity contribution in [3.63, 3.8) is 0 Å². The van der Waals surface area contributed by atoms with Gasteiger partial charge in [-0.3, -0.25) is 9.59 Å². The Morgan fingerprint density at radius 1 is 0.839 bits per heavy atom. The number of carbonyl (C=O) groups is 2. The third kappa shape index (κ3) is 4.69. The quantitative estimate of drug-likeness (QED) is 0.539. The molecule has 0 aromatic heterocycles. The van der Waals surface area contributed by atoms with E-state index in [1.165, 1.54) is 5.56 Å². The number of piperidine rings is 1. The van der Waals surface area contributed by atoms with E-state index in [0.29, 0.717) is 29.8 Å². The molecule has 0 unspecified atom stereocenters. The molecule has 3 aromatic rings. The SMILES string of the molecule is Cc1ccc(C)c(OC2CCN(C(=O)c3ccccc3C(=O)c3ccccc3)CC2)c1. The third-order valence-electron chi connectivity index (χ3n) is 5.80. The summed E-state index contributed by atoms with van der Waals surface area (Å²) in [5.74, 6) is 0.700. The Bertz CT molecular complexity index is 1080. The summed E-state index contributed by atoms with van der Waals surface area (Å²) in [6, 6.07) is 22.4. The Morgan fingerprint density at radius 2 is 1.48 bits per heavy atom. The van der Waals surface area contributed by atoms with Crippen LogP contribution < -0.4 is 4.74 Å². The highest BCUT2D eigenvalue weighted by Crippen LogP contribution is 2.25. The number of aryl methyl sites for hydroxylation is 2. The molecule has 3 aromatic carbocycles. The van der Waals surface area contributed by atoms with Gasteiger partial charge in [0.15, 0.2) is 5.78 Å². The lowest BCUT2D eigenvalue weighted by Gasteiger charge is -2.33. The average Bonchev–Trinajstić information content (AvgIpc) is 2.81. The highest BCUT2D eigenvalue weighted by molar-refractivity contribution is 6.15. The van der Waals surface area contributed by atoms with Crippen molar-refractivity contribution in [1.29, 1.82) is 0 Å². The van der Waals surface area contributed by atoms with Crippen LogP contribution >= 0.6 is 0 Å². The van der Waals surface area contributed by atoms with E-state index in [0.717, 1.165) is 24.2 Å². The first-order valence-electron chi connectivity index (χ1n) is 10.7. The van der Waals surface area contributed by atoms with E-state index in [4.69, 9.17) is 4.74 Å². The Morgan fingerprint density at radius 3 is 2.19 bits per heavy atom. The second kappa shape index (κ2) is 9.17. The second-order valence-corrected chi connectivity index (χ2v) is 8.12. The van der Waals surface area contributed by atoms with Crippen LogP contribution in [0.1, 0.15) is 50.2 Å². The summed E-state index contributed by atoms with van der Waals surface area (Å²) in [5, 5.41) is 0. The Labute approximate surface area is 183 Å². The number of likely N-dealkylation sites (tertiary alicyclic amines) is 1. The molecule has 0 spiro atoms. The van der Waals surface area contributed by atoms with E-state index in [1.54, 1.807) is 30.3 Å². The van der Waals surface area contributed by atoms with Gasteiger partial charge in [-0.2, -0.15) is 0 Å². The van der Waals surface area contributed by atoms with E-state index < -0.39 is 0 Å². The van der Waals surface area contributed by atoms with Gasteiger partial charge in [0.25, 0.3) is 5.91 Å². The zero-order valence-corrected chi connectivity index (χ0v) is 18.0. The molecular formula is C27H27NO3. The first kappa shape index (κ1) is 20.9. The summed E-state index contributed by atoms with van der Waals surface area (Å²) in [4.78, 5) is 28.1. The Kier molecular flexibility index (Phi) is 6.17. The van der Waals surface area contributed by atoms with E-state index in [2.05, 4.69) is 25.1 Å². The Hall–Kier alpha value is -3.40. The van der Waals surface area contributed by atoms with E-state index in [-0.39, 0.29) is 17.8 Å². The molecule has 4 rings (SSSR count). The number of ketones is 1. The predicted octanol–water partition coefficient (Wildman–Crippen LogP) is 5.22. The van der Waals surface area contributed by atoms with Crippen LogP contribution in [-0.2, 0) is 0 Å². The van der Waals surface area contributed by atoms with Crippen LogP contribution in [0.15, 0.2) is 72.8 Å². The molecule has 4 heteroatoms. The van der Waals surface area contributed by atoms with Crippen LogP contribution in [0.2, 0.25) is 0 Å². The van der Waals surface area contributed by atoms with Crippen molar-refractivity contribution in [2.45, 2.75) is 32.8 Å². The summed E-state index contributed by atoms with van der Waals surface area (Å²) in [7, 11) is 0. The molecule has 4 nitrogen and oxygen atoms in total. The van der Waals surface area contributed by atoms with Crippen LogP contribution in [0, 0.1) is 13.8 Å². The van der Waals surface area contributed by atoms with Gasteiger partial charge >= 0.3 is 0 Å². The van der Waals surface area contributed by atoms with E-state index in [1.807, 2.05) is 36.1 Å². The summed E-state index contributed by atoms with van der Waals surface area (Å²) in [5.41, 5.74) is 3.80. The van der Waals surface area contributed by atoms with Gasteiger partial charge in [0, 0.05) is 37.1 Å². The molecule has 1 heterocycles. The molecule has 1 fully saturated rings. The fourth-order valence-corrected chi connectivity index (χ4v) is 3.97. The lowest BCUT2D eigenvalue weighted by molar-refractivity contribution is 0.0591. The van der Waals surface area contributed by atoms with Crippen LogP contribution in [0.5, 0.6) is 5.75 Å². The smallest absolute Gasteiger partial charge is 0.254 e. The molecule has 0 aliphatic carbocycles. The molecular weight excluding hydrogens is 386 g/mol. The molecule has 31 heavy (non-hydrogen) atoms. The lowest BCUT2D eigenvalue weighted by Crippen LogP contribution is -2.42. The average molecular weight is 414 g/mol. The molecule has 1 saturated heterocycles. The summed E-state index contributed by atoms with van der Waals surface area (Å²) in [6.45, 7) is 5.33. The number of hydrogen-bond donors (Lipinski definition) is 0. The van der Waals surface area contributed by atoms with Crippen molar-refractivity contribution in [3.8, 4) is 5.75 Å². The number of ether oxygens (including phenoxy) is 1. The van der Waals surface area contributed by atoms with Crippen LogP contribution in [-0.4, -0.2) is 35.8 Å². The lowest BCUT2D eigenvalue weighted by atomic mass is 9.97. The summed E-state index contributed by atoms with van der Waals surface area (Å²) >= 11 is 0. The number of rotatable bonds is 5. The van der Waals surface area contributed by atoms with E-state index >= 15 is 0 Å². The predicted molar refractivity (Wildman–Crippen MR) is 122 cm³/mol. The second-order valence-electron chi connectivity index (χ2n) is 8.12. The number of carbonyl (C=O) groups excluding carboxylic acids is 2. The third-order valence-corrected chi connectivity index (χ3v) is 5.80. The van der Waals surface area contributed by atoms with Gasteiger partial charge in [0.1, 0.15) is 11.9 Å². The molecule has 0 radical (unpaired) electrons. The van der Waals surface area contributed by atoms with Gasteiger partial charge in [-0.25, -0.2) is 0 Å². The van der Waals surface area contributed by atoms with Gasteiger partial charge < -0.3 is 9.64 Å². The molecule has 1 amide bonds. The molecule has 0 atom stereocenters.